The van der Waals surface area contributed by atoms with Crippen molar-refractivity contribution >= 4 is 34.5 Å². The Kier molecular flexibility index (Phi) is 10.6. The summed E-state index contributed by atoms with van der Waals surface area (Å²) in [7, 11) is 0. The average molecular weight is 490 g/mol. The van der Waals surface area contributed by atoms with Crippen LogP contribution >= 0.6 is 11.3 Å². The third-order valence-corrected chi connectivity index (χ3v) is 8.58. The second kappa shape index (κ2) is 13.4. The third kappa shape index (κ3) is 6.94. The van der Waals surface area contributed by atoms with Crippen LogP contribution in [0.5, 0.6) is 0 Å². The van der Waals surface area contributed by atoms with Crippen molar-refractivity contribution in [1.29, 1.82) is 0 Å². The van der Waals surface area contributed by atoms with Gasteiger partial charge in [0.1, 0.15) is 4.88 Å². The maximum absolute atomic E-state index is 14.1. The molecular weight excluding hydrogens is 446 g/mol. The van der Waals surface area contributed by atoms with Crippen molar-refractivity contribution in [3.05, 3.63) is 21.9 Å². The first kappa shape index (κ1) is 26.9. The maximum Gasteiger partial charge on any atom is 0.348 e. The van der Waals surface area contributed by atoms with E-state index in [1.807, 2.05) is 17.9 Å². The first-order valence-electron chi connectivity index (χ1n) is 13.4. The monoisotopic (exact) mass is 489 g/mol. The van der Waals surface area contributed by atoms with E-state index < -0.39 is 5.97 Å². The highest BCUT2D eigenvalue weighted by atomic mass is 32.1. The molecule has 1 aromatic heterocycles. The van der Waals surface area contributed by atoms with Crippen LogP contribution in [-0.2, 0) is 9.53 Å². The van der Waals surface area contributed by atoms with Gasteiger partial charge in [-0.1, -0.05) is 26.3 Å². The molecule has 1 saturated carbocycles. The molecule has 1 heterocycles. The summed E-state index contributed by atoms with van der Waals surface area (Å²) in [6.45, 7) is 7.76. The Labute approximate surface area is 209 Å². The highest BCUT2D eigenvalue weighted by Gasteiger charge is 2.35. The van der Waals surface area contributed by atoms with Gasteiger partial charge < -0.3 is 14.7 Å². The first-order chi connectivity index (χ1) is 16.5. The molecule has 2 aliphatic rings. The minimum atomic E-state index is -0.928. The van der Waals surface area contributed by atoms with Gasteiger partial charge in [0, 0.05) is 30.1 Å². The van der Waals surface area contributed by atoms with Crippen LogP contribution in [0.3, 0.4) is 0 Å². The Morgan fingerprint density at radius 3 is 2.56 bits per heavy atom. The van der Waals surface area contributed by atoms with Gasteiger partial charge in [0.2, 0.25) is 5.91 Å². The Balaban J connectivity index is 1.99. The molecular formula is C28H43NO4S. The number of thiophene rings is 1. The molecule has 1 unspecified atom stereocenters. The molecule has 1 fully saturated rings. The molecule has 1 atom stereocenters. The fraction of sp³-hybridized carbons (Fsp3) is 0.714. The highest BCUT2D eigenvalue weighted by Crippen LogP contribution is 2.41. The summed E-state index contributed by atoms with van der Waals surface area (Å²) < 4.78 is 5.58. The van der Waals surface area contributed by atoms with E-state index >= 15 is 0 Å². The van der Waals surface area contributed by atoms with Crippen LogP contribution in [-0.4, -0.2) is 36.2 Å². The summed E-state index contributed by atoms with van der Waals surface area (Å²) in [4.78, 5) is 29.7. The predicted octanol–water partition coefficient (Wildman–Crippen LogP) is 7.55. The highest BCUT2D eigenvalue weighted by molar-refractivity contribution is 7.15. The number of anilines is 1. The number of nitrogens with zero attached hydrogens (tertiary/aromatic N) is 1. The van der Waals surface area contributed by atoms with Gasteiger partial charge >= 0.3 is 5.97 Å². The zero-order valence-electron chi connectivity index (χ0n) is 21.3. The molecule has 0 aromatic carbocycles. The van der Waals surface area contributed by atoms with E-state index in [0.29, 0.717) is 29.7 Å². The largest absolute Gasteiger partial charge is 0.477 e. The average Bonchev–Trinajstić information content (AvgIpc) is 3.28. The third-order valence-electron chi connectivity index (χ3n) is 7.39. The van der Waals surface area contributed by atoms with Crippen LogP contribution in [0, 0.1) is 11.8 Å². The molecule has 5 nitrogen and oxygen atoms in total. The lowest BCUT2D eigenvalue weighted by atomic mass is 9.82. The standard InChI is InChI=1S/C28H43NO4S/c1-4-10-23(13-9-18-33-5-2)29(27(30)22-16-14-20(3)15-17-22)24-19-25(34-26(24)28(31)32)21-11-7-6-8-12-21/h11,19-20,22-23H,4-10,12-18H2,1-3H3,(H,31,32). The number of carbonyl (C=O) groups is 2. The molecule has 1 N–H and O–H groups in total. The van der Waals surface area contributed by atoms with E-state index in [4.69, 9.17) is 4.74 Å². The zero-order chi connectivity index (χ0) is 24.5. The summed E-state index contributed by atoms with van der Waals surface area (Å²) in [6, 6.07) is 2.01. The van der Waals surface area contributed by atoms with E-state index in [1.54, 1.807) is 0 Å². The second-order valence-electron chi connectivity index (χ2n) is 10.1. The number of rotatable bonds is 12. The van der Waals surface area contributed by atoms with Crippen LogP contribution in [0.1, 0.15) is 112 Å². The SMILES string of the molecule is CCCC(CCCOCC)N(C(=O)C1CCC(C)CC1)c1cc(C2=CCCCC2)sc1C(=O)O. The molecule has 34 heavy (non-hydrogen) atoms. The fourth-order valence-electron chi connectivity index (χ4n) is 5.43. The molecule has 1 amide bonds. The lowest BCUT2D eigenvalue weighted by Crippen LogP contribution is -2.45. The Hall–Kier alpha value is -1.66. The number of carbonyl (C=O) groups excluding carboxylic acids is 1. The van der Waals surface area contributed by atoms with Crippen molar-refractivity contribution in [2.45, 2.75) is 104 Å². The number of carboxylic acid groups (broad SMARTS) is 1. The minimum absolute atomic E-state index is 0.00167. The minimum Gasteiger partial charge on any atom is -0.477 e. The maximum atomic E-state index is 14.1. The summed E-state index contributed by atoms with van der Waals surface area (Å²) >= 11 is 1.35. The molecule has 3 rings (SSSR count). The van der Waals surface area contributed by atoms with E-state index in [0.717, 1.165) is 75.5 Å². The van der Waals surface area contributed by atoms with Gasteiger partial charge in [-0.05, 0) is 95.1 Å². The molecule has 6 heteroatoms. The number of allylic oxidation sites excluding steroid dienone is 2. The molecule has 0 aliphatic heterocycles. The number of aromatic carboxylic acids is 1. The Bertz CT molecular complexity index is 837. The van der Waals surface area contributed by atoms with Gasteiger partial charge in [-0.2, -0.15) is 0 Å². The number of carboxylic acids is 1. The van der Waals surface area contributed by atoms with Crippen LogP contribution < -0.4 is 4.90 Å². The number of amides is 1. The molecule has 0 radical (unpaired) electrons. The summed E-state index contributed by atoms with van der Waals surface area (Å²) in [5.74, 6) is -0.148. The van der Waals surface area contributed by atoms with Crippen LogP contribution in [0.2, 0.25) is 0 Å². The second-order valence-corrected chi connectivity index (χ2v) is 11.1. The van der Waals surface area contributed by atoms with Crippen molar-refractivity contribution in [1.82, 2.24) is 0 Å². The quantitative estimate of drug-likeness (QED) is 0.308. The van der Waals surface area contributed by atoms with Crippen LogP contribution in [0.4, 0.5) is 5.69 Å². The smallest absolute Gasteiger partial charge is 0.348 e. The van der Waals surface area contributed by atoms with E-state index in [2.05, 4.69) is 19.9 Å². The summed E-state index contributed by atoms with van der Waals surface area (Å²) in [5, 5.41) is 10.1. The van der Waals surface area contributed by atoms with Gasteiger partial charge in [0.05, 0.1) is 5.69 Å². The van der Waals surface area contributed by atoms with Gasteiger partial charge in [0.25, 0.3) is 0 Å². The number of hydrogen-bond donors (Lipinski definition) is 1. The molecule has 0 spiro atoms. The Morgan fingerprint density at radius 2 is 1.94 bits per heavy atom. The molecule has 1 aromatic rings. The fourth-order valence-corrected chi connectivity index (χ4v) is 6.49. The van der Waals surface area contributed by atoms with Crippen molar-refractivity contribution in [3.63, 3.8) is 0 Å². The number of ether oxygens (including phenoxy) is 1. The van der Waals surface area contributed by atoms with Crippen LogP contribution in [0.25, 0.3) is 5.57 Å². The molecule has 190 valence electrons. The van der Waals surface area contributed by atoms with Gasteiger partial charge in [-0.25, -0.2) is 4.79 Å². The summed E-state index contributed by atoms with van der Waals surface area (Å²) in [5.41, 5.74) is 1.87. The van der Waals surface area contributed by atoms with Crippen LogP contribution in [0.15, 0.2) is 12.1 Å². The zero-order valence-corrected chi connectivity index (χ0v) is 22.1. The molecule has 2 aliphatic carbocycles. The van der Waals surface area contributed by atoms with Crippen molar-refractivity contribution < 1.29 is 19.4 Å². The Morgan fingerprint density at radius 1 is 1.18 bits per heavy atom. The van der Waals surface area contributed by atoms with E-state index in [-0.39, 0.29) is 17.9 Å². The van der Waals surface area contributed by atoms with Crippen molar-refractivity contribution in [2.75, 3.05) is 18.1 Å². The normalized spacial score (nSPS) is 21.7. The van der Waals surface area contributed by atoms with E-state index in [9.17, 15) is 14.7 Å². The lowest BCUT2D eigenvalue weighted by molar-refractivity contribution is -0.124. The molecule has 0 saturated heterocycles. The predicted molar refractivity (Wildman–Crippen MR) is 141 cm³/mol. The topological polar surface area (TPSA) is 66.8 Å². The van der Waals surface area contributed by atoms with Gasteiger partial charge in [-0.15, -0.1) is 11.3 Å². The van der Waals surface area contributed by atoms with Crippen molar-refractivity contribution in [3.8, 4) is 0 Å². The summed E-state index contributed by atoms with van der Waals surface area (Å²) in [6.07, 6.45) is 14.1. The number of hydrogen-bond acceptors (Lipinski definition) is 4. The molecule has 0 bridgehead atoms. The van der Waals surface area contributed by atoms with Crippen molar-refractivity contribution in [2.24, 2.45) is 11.8 Å². The first-order valence-corrected chi connectivity index (χ1v) is 14.2. The van der Waals surface area contributed by atoms with Gasteiger partial charge in [0.15, 0.2) is 0 Å². The lowest BCUT2D eigenvalue weighted by Gasteiger charge is -2.36. The van der Waals surface area contributed by atoms with Gasteiger partial charge in [-0.3, -0.25) is 4.79 Å². The van der Waals surface area contributed by atoms with E-state index in [1.165, 1.54) is 23.3 Å².